The molecule has 9 heteroatoms. The van der Waals surface area contributed by atoms with Crippen LogP contribution in [0.2, 0.25) is 0 Å². The fourth-order valence-corrected chi connectivity index (χ4v) is 5.24. The van der Waals surface area contributed by atoms with Gasteiger partial charge in [-0.1, -0.05) is 18.2 Å². The van der Waals surface area contributed by atoms with Gasteiger partial charge in [0.25, 0.3) is 5.91 Å². The van der Waals surface area contributed by atoms with Crippen LogP contribution in [-0.2, 0) is 10.0 Å². The molecule has 1 aromatic heterocycles. The number of anilines is 2. The monoisotopic (exact) mass is 468 g/mol. The van der Waals surface area contributed by atoms with Crippen LogP contribution < -0.4 is 4.90 Å². The Morgan fingerprint density at radius 3 is 2.33 bits per heavy atom. The van der Waals surface area contributed by atoms with Crippen molar-refractivity contribution in [1.82, 2.24) is 14.2 Å². The van der Waals surface area contributed by atoms with Crippen LogP contribution in [0.25, 0.3) is 0 Å². The average molecular weight is 469 g/mol. The zero-order valence-electron chi connectivity index (χ0n) is 18.3. The summed E-state index contributed by atoms with van der Waals surface area (Å²) < 4.78 is 40.3. The van der Waals surface area contributed by atoms with Gasteiger partial charge < -0.3 is 9.80 Å². The maximum absolute atomic E-state index is 13.2. The van der Waals surface area contributed by atoms with Crippen molar-refractivity contribution in [3.63, 3.8) is 0 Å². The summed E-state index contributed by atoms with van der Waals surface area (Å²) in [5, 5.41) is 0. The van der Waals surface area contributed by atoms with E-state index in [1.165, 1.54) is 16.4 Å². The molecule has 0 saturated carbocycles. The lowest BCUT2D eigenvalue weighted by molar-refractivity contribution is 0.0764. The Bertz CT molecular complexity index is 1200. The zero-order chi connectivity index (χ0) is 23.4. The summed E-state index contributed by atoms with van der Waals surface area (Å²) in [5.41, 5.74) is 1.44. The number of hydrogen-bond donors (Lipinski definition) is 0. The van der Waals surface area contributed by atoms with Crippen LogP contribution in [0.1, 0.15) is 16.8 Å². The van der Waals surface area contributed by atoms with Crippen LogP contribution in [0, 0.1) is 5.82 Å². The van der Waals surface area contributed by atoms with E-state index in [1.54, 1.807) is 23.2 Å². The van der Waals surface area contributed by atoms with Gasteiger partial charge in [-0.05, 0) is 55.0 Å². The molecule has 3 aromatic rings. The van der Waals surface area contributed by atoms with Crippen LogP contribution in [0.5, 0.6) is 0 Å². The van der Waals surface area contributed by atoms with E-state index in [1.807, 2.05) is 42.3 Å². The minimum atomic E-state index is -3.75. The number of pyridine rings is 1. The first-order valence-electron chi connectivity index (χ1n) is 10.7. The molecule has 0 aliphatic carbocycles. The summed E-state index contributed by atoms with van der Waals surface area (Å²) >= 11 is 0. The molecule has 1 aliphatic rings. The molecule has 0 radical (unpaired) electrons. The quantitative estimate of drug-likeness (QED) is 0.573. The second kappa shape index (κ2) is 9.68. The van der Waals surface area contributed by atoms with Gasteiger partial charge in [-0.25, -0.2) is 17.8 Å². The molecule has 2 aromatic carbocycles. The van der Waals surface area contributed by atoms with Gasteiger partial charge in [0.2, 0.25) is 10.0 Å². The maximum Gasteiger partial charge on any atom is 0.255 e. The third kappa shape index (κ3) is 5.04. The van der Waals surface area contributed by atoms with Crippen molar-refractivity contribution >= 4 is 27.4 Å². The Morgan fingerprint density at radius 1 is 0.939 bits per heavy atom. The molecule has 7 nitrogen and oxygen atoms in total. The van der Waals surface area contributed by atoms with Crippen molar-refractivity contribution < 1.29 is 17.6 Å². The summed E-state index contributed by atoms with van der Waals surface area (Å²) in [6.07, 6.45) is 2.06. The standard InChI is InChI=1S/C24H25FN4O3S/c1-27(21-6-3-2-4-7-21)23-13-8-19(18-26-23)24(30)28-14-5-15-29(17-16-28)33(31,32)22-11-9-20(25)10-12-22/h2-4,6-13,18H,5,14-17H2,1H3. The first-order valence-corrected chi connectivity index (χ1v) is 12.1. The molecule has 0 atom stereocenters. The summed E-state index contributed by atoms with van der Waals surface area (Å²) in [4.78, 5) is 21.1. The van der Waals surface area contributed by atoms with E-state index in [-0.39, 0.29) is 23.9 Å². The summed E-state index contributed by atoms with van der Waals surface area (Å²) in [5.74, 6) is 0.0406. The summed E-state index contributed by atoms with van der Waals surface area (Å²) in [6, 6.07) is 18.1. The highest BCUT2D eigenvalue weighted by molar-refractivity contribution is 7.89. The lowest BCUT2D eigenvalue weighted by Crippen LogP contribution is -2.37. The number of nitrogens with zero attached hydrogens (tertiary/aromatic N) is 4. The molecule has 0 spiro atoms. The maximum atomic E-state index is 13.2. The third-order valence-corrected chi connectivity index (χ3v) is 7.59. The Labute approximate surface area is 193 Å². The minimum Gasteiger partial charge on any atom is -0.337 e. The van der Waals surface area contributed by atoms with Gasteiger partial charge in [0.05, 0.1) is 10.5 Å². The zero-order valence-corrected chi connectivity index (χ0v) is 19.1. The highest BCUT2D eigenvalue weighted by Gasteiger charge is 2.28. The highest BCUT2D eigenvalue weighted by atomic mass is 32.2. The average Bonchev–Trinajstić information content (AvgIpc) is 3.11. The van der Waals surface area contributed by atoms with Crippen LogP contribution in [-0.4, -0.2) is 61.7 Å². The molecule has 0 N–H and O–H groups in total. The van der Waals surface area contributed by atoms with Crippen molar-refractivity contribution in [2.75, 3.05) is 38.1 Å². The Hall–Kier alpha value is -3.30. The summed E-state index contributed by atoms with van der Waals surface area (Å²) in [6.45, 7) is 1.18. The van der Waals surface area contributed by atoms with Crippen LogP contribution in [0.4, 0.5) is 15.9 Å². The normalized spacial score (nSPS) is 15.2. The number of sulfonamides is 1. The van der Waals surface area contributed by atoms with Gasteiger partial charge in [0.15, 0.2) is 0 Å². The molecule has 172 valence electrons. The smallest absolute Gasteiger partial charge is 0.255 e. The van der Waals surface area contributed by atoms with E-state index in [0.29, 0.717) is 30.9 Å². The number of benzene rings is 2. The van der Waals surface area contributed by atoms with Crippen molar-refractivity contribution in [3.05, 3.63) is 84.3 Å². The number of carbonyl (C=O) groups is 1. The predicted octanol–water partition coefficient (Wildman–Crippen LogP) is 3.53. The molecular weight excluding hydrogens is 443 g/mol. The topological polar surface area (TPSA) is 73.8 Å². The summed E-state index contributed by atoms with van der Waals surface area (Å²) in [7, 11) is -1.84. The van der Waals surface area contributed by atoms with Gasteiger partial charge >= 0.3 is 0 Å². The predicted molar refractivity (Wildman–Crippen MR) is 124 cm³/mol. The highest BCUT2D eigenvalue weighted by Crippen LogP contribution is 2.22. The van der Waals surface area contributed by atoms with Crippen LogP contribution in [0.3, 0.4) is 0 Å². The van der Waals surface area contributed by atoms with E-state index < -0.39 is 15.8 Å². The first-order chi connectivity index (χ1) is 15.9. The van der Waals surface area contributed by atoms with Crippen LogP contribution >= 0.6 is 0 Å². The third-order valence-electron chi connectivity index (χ3n) is 5.68. The Balaban J connectivity index is 1.43. The van der Waals surface area contributed by atoms with E-state index >= 15 is 0 Å². The molecule has 33 heavy (non-hydrogen) atoms. The van der Waals surface area contributed by atoms with Crippen molar-refractivity contribution in [2.24, 2.45) is 0 Å². The van der Waals surface area contributed by atoms with E-state index in [0.717, 1.165) is 17.8 Å². The molecule has 0 bridgehead atoms. The van der Waals surface area contributed by atoms with Gasteiger partial charge in [-0.3, -0.25) is 4.79 Å². The minimum absolute atomic E-state index is 0.0472. The fourth-order valence-electron chi connectivity index (χ4n) is 3.77. The number of carbonyl (C=O) groups excluding carboxylic acids is 1. The fraction of sp³-hybridized carbons (Fsp3) is 0.250. The Kier molecular flexibility index (Phi) is 6.71. The molecule has 0 unspecified atom stereocenters. The SMILES string of the molecule is CN(c1ccccc1)c1ccc(C(=O)N2CCCN(S(=O)(=O)c3ccc(F)cc3)CC2)cn1. The molecule has 4 rings (SSSR count). The van der Waals surface area contributed by atoms with Crippen molar-refractivity contribution in [1.29, 1.82) is 0 Å². The number of aromatic nitrogens is 1. The van der Waals surface area contributed by atoms with Crippen LogP contribution in [0.15, 0.2) is 77.8 Å². The molecular formula is C24H25FN4O3S. The molecule has 1 amide bonds. The largest absolute Gasteiger partial charge is 0.337 e. The van der Waals surface area contributed by atoms with E-state index in [2.05, 4.69) is 4.98 Å². The number of amides is 1. The van der Waals surface area contributed by atoms with E-state index in [9.17, 15) is 17.6 Å². The van der Waals surface area contributed by atoms with Crippen molar-refractivity contribution in [3.8, 4) is 0 Å². The second-order valence-corrected chi connectivity index (χ2v) is 9.74. The van der Waals surface area contributed by atoms with Gasteiger partial charge in [0, 0.05) is 45.1 Å². The first kappa shape index (κ1) is 22.9. The number of para-hydroxylation sites is 1. The van der Waals surface area contributed by atoms with Gasteiger partial charge in [-0.2, -0.15) is 4.31 Å². The number of hydrogen-bond acceptors (Lipinski definition) is 5. The Morgan fingerprint density at radius 2 is 1.67 bits per heavy atom. The number of halogens is 1. The molecule has 1 aliphatic heterocycles. The van der Waals surface area contributed by atoms with Gasteiger partial charge in [0.1, 0.15) is 11.6 Å². The lowest BCUT2D eigenvalue weighted by atomic mass is 10.2. The van der Waals surface area contributed by atoms with E-state index in [4.69, 9.17) is 0 Å². The van der Waals surface area contributed by atoms with Crippen molar-refractivity contribution in [2.45, 2.75) is 11.3 Å². The second-order valence-electron chi connectivity index (χ2n) is 7.80. The molecule has 2 heterocycles. The molecule has 1 fully saturated rings. The lowest BCUT2D eigenvalue weighted by Gasteiger charge is -2.22. The van der Waals surface area contributed by atoms with Gasteiger partial charge in [-0.15, -0.1) is 0 Å². The number of rotatable bonds is 5. The molecule has 1 saturated heterocycles.